The van der Waals surface area contributed by atoms with E-state index < -0.39 is 0 Å². The van der Waals surface area contributed by atoms with Gasteiger partial charge in [-0.1, -0.05) is 115 Å². The number of nitrogens with zero attached hydrogens (tertiary/aromatic N) is 6. The Morgan fingerprint density at radius 3 is 2.11 bits per heavy atom. The summed E-state index contributed by atoms with van der Waals surface area (Å²) in [7, 11) is 0. The predicted octanol–water partition coefficient (Wildman–Crippen LogP) is 14.4. The molecular weight excluding hydrogens is 968 g/mol. The van der Waals surface area contributed by atoms with Crippen LogP contribution in [-0.4, -0.2) is 15.6 Å². The average molecular weight is 1020 g/mol. The van der Waals surface area contributed by atoms with E-state index in [1.807, 2.05) is 77.5 Å². The summed E-state index contributed by atoms with van der Waals surface area (Å²) in [6.07, 6.45) is 1.85. The molecule has 316 valence electrons. The molecule has 0 spiro atoms. The van der Waals surface area contributed by atoms with E-state index in [1.54, 1.807) is 0 Å². The molecule has 7 nitrogen and oxygen atoms in total. The van der Waals surface area contributed by atoms with Crippen molar-refractivity contribution in [1.82, 2.24) is 18.7 Å². The number of benzene rings is 6. The van der Waals surface area contributed by atoms with E-state index in [4.69, 9.17) is 16.3 Å². The Hall–Kier alpha value is -6.88. The molecule has 0 atom stereocenters. The molecule has 8 aromatic rings. The van der Waals surface area contributed by atoms with Crippen LogP contribution in [0.2, 0.25) is 0 Å². The molecule has 9 rings (SSSR count). The quantitative estimate of drug-likeness (QED) is 0.123. The van der Waals surface area contributed by atoms with Gasteiger partial charge in [-0.3, -0.25) is 0 Å². The second kappa shape index (κ2) is 16.3. The normalized spacial score (nSPS) is 12.5. The van der Waals surface area contributed by atoms with Crippen molar-refractivity contribution in [2.24, 2.45) is 0 Å². The first-order valence-electron chi connectivity index (χ1n) is 21.2. The SMILES string of the molecule is [C-]#[N+]c1cccc(-c2cccc3c2[N+](c2cc(C(C)(C)C)cc(C(C)(C)C)c2)=C=[N+]3c2[c-]c(Oc3[c-]c4c(cc3)c3cc(C#N)ccc3n4-c3cc(C(C)(C)C)ccn3)ccc2)c1.[Pt+2]. The first kappa shape index (κ1) is 43.8. The minimum Gasteiger partial charge on any atom is -0.509 e. The summed E-state index contributed by atoms with van der Waals surface area (Å²) in [6.45, 7) is 27.8. The number of pyridine rings is 1. The Morgan fingerprint density at radius 1 is 0.703 bits per heavy atom. The van der Waals surface area contributed by atoms with Gasteiger partial charge in [-0.2, -0.15) is 17.4 Å². The maximum absolute atomic E-state index is 9.80. The van der Waals surface area contributed by atoms with Gasteiger partial charge in [-0.05, 0) is 90.9 Å². The molecule has 0 unspecified atom stereocenters. The molecular formula is C56H48N6OPt+2. The van der Waals surface area contributed by atoms with Crippen molar-refractivity contribution in [3.05, 3.63) is 173 Å². The van der Waals surface area contributed by atoms with Crippen LogP contribution in [0, 0.1) is 30.0 Å². The van der Waals surface area contributed by atoms with Crippen LogP contribution in [0.1, 0.15) is 84.6 Å². The third-order valence-electron chi connectivity index (χ3n) is 11.7. The molecule has 64 heavy (non-hydrogen) atoms. The van der Waals surface area contributed by atoms with E-state index in [0.29, 0.717) is 22.7 Å². The molecule has 0 N–H and O–H groups in total. The number of hydrogen-bond acceptors (Lipinski definition) is 3. The first-order chi connectivity index (χ1) is 30.0. The van der Waals surface area contributed by atoms with Gasteiger partial charge in [0.2, 0.25) is 5.69 Å². The van der Waals surface area contributed by atoms with Crippen LogP contribution in [0.15, 0.2) is 128 Å². The van der Waals surface area contributed by atoms with Crippen LogP contribution in [0.4, 0.5) is 28.4 Å². The number of hydrogen-bond donors (Lipinski definition) is 0. The zero-order valence-corrected chi connectivity index (χ0v) is 39.8. The second-order valence-corrected chi connectivity index (χ2v) is 19.3. The third-order valence-corrected chi connectivity index (χ3v) is 11.7. The zero-order chi connectivity index (χ0) is 44.4. The monoisotopic (exact) mass is 1020 g/mol. The molecule has 3 heterocycles. The maximum atomic E-state index is 9.80. The Labute approximate surface area is 390 Å². The molecule has 0 bridgehead atoms. The summed E-state index contributed by atoms with van der Waals surface area (Å²) >= 11 is 0. The van der Waals surface area contributed by atoms with Crippen LogP contribution < -0.4 is 13.9 Å². The van der Waals surface area contributed by atoms with Crippen LogP contribution in [0.5, 0.6) is 11.5 Å². The molecule has 0 fully saturated rings. The molecule has 2 aromatic heterocycles. The molecule has 0 aliphatic carbocycles. The smallest absolute Gasteiger partial charge is 0.509 e. The van der Waals surface area contributed by atoms with Crippen LogP contribution in [0.3, 0.4) is 0 Å². The van der Waals surface area contributed by atoms with Crippen molar-refractivity contribution in [1.29, 1.82) is 5.26 Å². The van der Waals surface area contributed by atoms with Crippen molar-refractivity contribution in [2.45, 2.75) is 78.6 Å². The zero-order valence-electron chi connectivity index (χ0n) is 37.5. The van der Waals surface area contributed by atoms with Crippen molar-refractivity contribution >= 4 is 56.3 Å². The average Bonchev–Trinajstić information content (AvgIpc) is 3.81. The van der Waals surface area contributed by atoms with Gasteiger partial charge in [0.1, 0.15) is 11.5 Å². The molecule has 6 aromatic carbocycles. The minimum atomic E-state index is -0.0951. The fourth-order valence-electron chi connectivity index (χ4n) is 8.15. The van der Waals surface area contributed by atoms with Crippen LogP contribution >= 0.6 is 0 Å². The van der Waals surface area contributed by atoms with Gasteiger partial charge in [-0.15, -0.1) is 23.6 Å². The minimum absolute atomic E-state index is 0. The summed E-state index contributed by atoms with van der Waals surface area (Å²) < 4.78 is 12.9. The van der Waals surface area contributed by atoms with Crippen molar-refractivity contribution in [3.8, 4) is 34.5 Å². The second-order valence-electron chi connectivity index (χ2n) is 19.3. The van der Waals surface area contributed by atoms with E-state index in [9.17, 15) is 5.26 Å². The fraction of sp³-hybridized carbons (Fsp3) is 0.214. The van der Waals surface area contributed by atoms with Gasteiger partial charge < -0.3 is 9.30 Å². The number of fused-ring (bicyclic) bond motifs is 4. The number of nitriles is 1. The van der Waals surface area contributed by atoms with Crippen molar-refractivity contribution < 1.29 is 25.8 Å². The Kier molecular flexibility index (Phi) is 11.2. The summed E-state index contributed by atoms with van der Waals surface area (Å²) in [6, 6.07) is 53.8. The maximum Gasteiger partial charge on any atom is 2.00 e. The summed E-state index contributed by atoms with van der Waals surface area (Å²) in [5, 5.41) is 11.7. The largest absolute Gasteiger partial charge is 2.00 e. The molecule has 0 radical (unpaired) electrons. The molecule has 0 saturated heterocycles. The standard InChI is InChI=1S/C56H48N6O.Pt/c1-54(2,3)38-24-25-59-52(31-38)62-49-23-20-36(34-57)26-48(49)47-22-21-45(33-51(47)62)63-44-17-12-16-42(32-44)60-35-61(43-29-39(55(4,5)6)28-40(30-43)56(7,8)9)53-46(18-13-19-50(53)60)37-14-11-15-41(27-37)58-10;/h11-31H,1-9H3;/q;+2. The third kappa shape index (κ3) is 8.11. The van der Waals surface area contributed by atoms with Gasteiger partial charge >= 0.3 is 32.8 Å². The van der Waals surface area contributed by atoms with Crippen LogP contribution in [0.25, 0.3) is 43.6 Å². The summed E-state index contributed by atoms with van der Waals surface area (Å²) in [4.78, 5) is 8.57. The van der Waals surface area contributed by atoms with E-state index >= 15 is 0 Å². The van der Waals surface area contributed by atoms with Crippen molar-refractivity contribution in [2.75, 3.05) is 0 Å². The van der Waals surface area contributed by atoms with Gasteiger partial charge in [-0.25, -0.2) is 9.83 Å². The fourth-order valence-corrected chi connectivity index (χ4v) is 8.15. The van der Waals surface area contributed by atoms with Gasteiger partial charge in [0.15, 0.2) is 5.69 Å². The van der Waals surface area contributed by atoms with E-state index in [-0.39, 0.29) is 37.3 Å². The Morgan fingerprint density at radius 2 is 1.41 bits per heavy atom. The number of aromatic nitrogens is 2. The van der Waals surface area contributed by atoms with E-state index in [0.717, 1.165) is 67.1 Å². The Balaban J connectivity index is 0.00000560. The predicted molar refractivity (Wildman–Crippen MR) is 256 cm³/mol. The number of ether oxygens (including phenoxy) is 1. The summed E-state index contributed by atoms with van der Waals surface area (Å²) in [5.74, 6) is 1.79. The molecule has 1 aliphatic heterocycles. The Bertz CT molecular complexity index is 3300. The molecule has 0 amide bonds. The number of rotatable bonds is 6. The van der Waals surface area contributed by atoms with E-state index in [1.165, 1.54) is 11.1 Å². The van der Waals surface area contributed by atoms with E-state index in [2.05, 4.69) is 155 Å². The molecule has 8 heteroatoms. The first-order valence-corrected chi connectivity index (χ1v) is 21.2. The topological polar surface area (TPSA) is 61.2 Å². The van der Waals surface area contributed by atoms with Gasteiger partial charge in [0.25, 0.3) is 5.69 Å². The van der Waals surface area contributed by atoms with Gasteiger partial charge in [0.05, 0.1) is 23.8 Å². The summed E-state index contributed by atoms with van der Waals surface area (Å²) in [5.41, 5.74) is 11.8. The van der Waals surface area contributed by atoms with Crippen molar-refractivity contribution in [3.63, 3.8) is 0 Å². The number of para-hydroxylation sites is 1. The van der Waals surface area contributed by atoms with Crippen LogP contribution in [-0.2, 0) is 37.3 Å². The molecule has 0 saturated carbocycles. The van der Waals surface area contributed by atoms with Gasteiger partial charge in [0, 0.05) is 41.4 Å². The molecule has 1 aliphatic rings.